The Bertz CT molecular complexity index is 789. The summed E-state index contributed by atoms with van der Waals surface area (Å²) in [6.45, 7) is 0. The largest absolute Gasteiger partial charge is 0.292 e. The molecule has 0 aromatic carbocycles. The molecule has 0 N–H and O–H groups in total. The molecule has 8 fully saturated rings. The smallest absolute Gasteiger partial charge is 0.187 e. The van der Waals surface area contributed by atoms with Crippen molar-refractivity contribution in [1.29, 1.82) is 0 Å². The van der Waals surface area contributed by atoms with Gasteiger partial charge in [-0.1, -0.05) is 6.07 Å². The highest BCUT2D eigenvalue weighted by molar-refractivity contribution is 6.02. The maximum absolute atomic E-state index is 13.7. The van der Waals surface area contributed by atoms with Gasteiger partial charge in [-0.05, 0) is 125 Å². The average Bonchev–Trinajstić information content (AvgIpc) is 2.71. The minimum Gasteiger partial charge on any atom is -0.292 e. The van der Waals surface area contributed by atoms with E-state index in [0.717, 1.165) is 74.0 Å². The zero-order valence-corrected chi connectivity index (χ0v) is 17.9. The standard InChI is InChI=1S/C27H33NO2/c29-24(26-10-16-4-17(11-26)6-18(5-16)12-26)22-2-1-3-23(28-22)25(30)27-13-19-7-20(14-27)9-21(8-19)15-27/h1-3,16-21H,4-15H2. The second-order valence-electron chi connectivity index (χ2n) is 12.5. The molecular formula is C27H33NO2. The van der Waals surface area contributed by atoms with Crippen LogP contribution in [0.15, 0.2) is 18.2 Å². The highest BCUT2D eigenvalue weighted by Gasteiger charge is 2.56. The first-order valence-electron chi connectivity index (χ1n) is 12.6. The molecule has 3 heteroatoms. The summed E-state index contributed by atoms with van der Waals surface area (Å²) < 4.78 is 0. The molecule has 8 aliphatic carbocycles. The second-order valence-corrected chi connectivity index (χ2v) is 12.5. The molecule has 8 bridgehead atoms. The lowest BCUT2D eigenvalue weighted by Gasteiger charge is -2.56. The molecule has 0 saturated heterocycles. The van der Waals surface area contributed by atoms with Crippen molar-refractivity contribution in [2.45, 2.75) is 77.0 Å². The number of aromatic nitrogens is 1. The van der Waals surface area contributed by atoms with Crippen LogP contribution in [0.4, 0.5) is 0 Å². The van der Waals surface area contributed by atoms with E-state index in [1.165, 1.54) is 38.5 Å². The van der Waals surface area contributed by atoms with Crippen molar-refractivity contribution in [1.82, 2.24) is 4.98 Å². The van der Waals surface area contributed by atoms with Gasteiger partial charge in [0.1, 0.15) is 11.4 Å². The Kier molecular flexibility index (Phi) is 3.65. The van der Waals surface area contributed by atoms with Gasteiger partial charge in [0.15, 0.2) is 11.6 Å². The van der Waals surface area contributed by atoms with Crippen molar-refractivity contribution in [2.24, 2.45) is 46.3 Å². The van der Waals surface area contributed by atoms with Crippen molar-refractivity contribution < 1.29 is 9.59 Å². The van der Waals surface area contributed by atoms with E-state index in [4.69, 9.17) is 4.98 Å². The van der Waals surface area contributed by atoms with Gasteiger partial charge in [-0.15, -0.1) is 0 Å². The first-order chi connectivity index (χ1) is 14.5. The number of hydrogen-bond acceptors (Lipinski definition) is 3. The van der Waals surface area contributed by atoms with Gasteiger partial charge in [-0.3, -0.25) is 9.59 Å². The fourth-order valence-corrected chi connectivity index (χ4v) is 10.0. The number of nitrogens with zero attached hydrogens (tertiary/aromatic N) is 1. The Labute approximate surface area is 179 Å². The fraction of sp³-hybridized carbons (Fsp3) is 0.741. The van der Waals surface area contributed by atoms with Crippen molar-refractivity contribution in [3.05, 3.63) is 29.6 Å². The van der Waals surface area contributed by atoms with Crippen LogP contribution < -0.4 is 0 Å². The third kappa shape index (κ3) is 2.53. The molecule has 0 amide bonds. The molecule has 0 spiro atoms. The van der Waals surface area contributed by atoms with Crippen molar-refractivity contribution >= 4 is 11.6 Å². The van der Waals surface area contributed by atoms with Gasteiger partial charge in [-0.2, -0.15) is 0 Å². The molecule has 8 aliphatic rings. The van der Waals surface area contributed by atoms with Gasteiger partial charge in [0.05, 0.1) is 0 Å². The Hall–Kier alpha value is -1.51. The SMILES string of the molecule is O=C(c1cccc(C(=O)C23CC4CC(CC(C4)C2)C3)n1)C12CC3CC(CC(C3)C1)C2. The van der Waals surface area contributed by atoms with Crippen LogP contribution in [0.25, 0.3) is 0 Å². The predicted octanol–water partition coefficient (Wildman–Crippen LogP) is 5.88. The molecule has 1 heterocycles. The Balaban J connectivity index is 1.19. The van der Waals surface area contributed by atoms with E-state index >= 15 is 0 Å². The van der Waals surface area contributed by atoms with E-state index in [2.05, 4.69) is 0 Å². The molecule has 0 radical (unpaired) electrons. The van der Waals surface area contributed by atoms with Crippen LogP contribution in [0.1, 0.15) is 98.0 Å². The van der Waals surface area contributed by atoms with E-state index in [1.54, 1.807) is 0 Å². The lowest BCUT2D eigenvalue weighted by atomic mass is 9.48. The zero-order valence-electron chi connectivity index (χ0n) is 17.9. The quantitative estimate of drug-likeness (QED) is 0.590. The molecule has 1 aromatic heterocycles. The summed E-state index contributed by atoms with van der Waals surface area (Å²) in [5.74, 6) is 4.99. The molecular weight excluding hydrogens is 370 g/mol. The third-order valence-corrected chi connectivity index (χ3v) is 10.3. The molecule has 0 atom stereocenters. The molecule has 30 heavy (non-hydrogen) atoms. The molecule has 0 unspecified atom stereocenters. The van der Waals surface area contributed by atoms with Gasteiger partial charge in [0.2, 0.25) is 0 Å². The number of Topliss-reactive ketones (excluding diaryl/α,β-unsaturated/α-hetero) is 2. The summed E-state index contributed by atoms with van der Waals surface area (Å²) in [5.41, 5.74) is 0.800. The monoisotopic (exact) mass is 403 g/mol. The minimum absolute atomic E-state index is 0.176. The lowest BCUT2D eigenvalue weighted by molar-refractivity contribution is -0.0362. The van der Waals surface area contributed by atoms with Gasteiger partial charge in [0, 0.05) is 10.8 Å². The topological polar surface area (TPSA) is 47.0 Å². The number of hydrogen-bond donors (Lipinski definition) is 0. The van der Waals surface area contributed by atoms with Gasteiger partial charge >= 0.3 is 0 Å². The number of pyridine rings is 1. The van der Waals surface area contributed by atoms with Gasteiger partial charge < -0.3 is 0 Å². The van der Waals surface area contributed by atoms with E-state index in [-0.39, 0.29) is 22.4 Å². The fourth-order valence-electron chi connectivity index (χ4n) is 10.0. The highest BCUT2D eigenvalue weighted by atomic mass is 16.1. The highest BCUT2D eigenvalue weighted by Crippen LogP contribution is 2.62. The van der Waals surface area contributed by atoms with E-state index < -0.39 is 0 Å². The van der Waals surface area contributed by atoms with Crippen LogP contribution in [-0.2, 0) is 0 Å². The Morgan fingerprint density at radius 1 is 0.600 bits per heavy atom. The molecule has 158 valence electrons. The van der Waals surface area contributed by atoms with Crippen LogP contribution in [0.5, 0.6) is 0 Å². The van der Waals surface area contributed by atoms with E-state index in [0.29, 0.717) is 11.4 Å². The van der Waals surface area contributed by atoms with Crippen molar-refractivity contribution in [2.75, 3.05) is 0 Å². The second kappa shape index (κ2) is 6.04. The van der Waals surface area contributed by atoms with E-state index in [9.17, 15) is 9.59 Å². The lowest BCUT2D eigenvalue weighted by Crippen LogP contribution is -2.50. The Morgan fingerprint density at radius 2 is 0.900 bits per heavy atom. The summed E-state index contributed by atoms with van der Waals surface area (Å²) in [5, 5.41) is 0. The van der Waals surface area contributed by atoms with Crippen molar-refractivity contribution in [3.8, 4) is 0 Å². The number of carbonyl (C=O) groups excluding carboxylic acids is 2. The average molecular weight is 404 g/mol. The normalized spacial score (nSPS) is 47.6. The molecule has 0 aliphatic heterocycles. The molecule has 1 aromatic rings. The molecule has 3 nitrogen and oxygen atoms in total. The van der Waals surface area contributed by atoms with Gasteiger partial charge in [-0.25, -0.2) is 4.98 Å². The summed E-state index contributed by atoms with van der Waals surface area (Å²) in [4.78, 5) is 32.3. The van der Waals surface area contributed by atoms with Crippen LogP contribution in [0.2, 0.25) is 0 Å². The van der Waals surface area contributed by atoms with Gasteiger partial charge in [0.25, 0.3) is 0 Å². The third-order valence-electron chi connectivity index (χ3n) is 10.3. The first-order valence-corrected chi connectivity index (χ1v) is 12.6. The Morgan fingerprint density at radius 3 is 1.20 bits per heavy atom. The number of rotatable bonds is 4. The summed E-state index contributed by atoms with van der Waals surface area (Å²) in [7, 11) is 0. The first kappa shape index (κ1) is 18.1. The van der Waals surface area contributed by atoms with Crippen molar-refractivity contribution in [3.63, 3.8) is 0 Å². The molecule has 9 rings (SSSR count). The van der Waals surface area contributed by atoms with Crippen LogP contribution in [0.3, 0.4) is 0 Å². The maximum atomic E-state index is 13.7. The number of carbonyl (C=O) groups is 2. The van der Waals surface area contributed by atoms with Crippen LogP contribution in [0, 0.1) is 46.3 Å². The summed E-state index contributed by atoms with van der Waals surface area (Å²) in [6.07, 6.45) is 14.4. The van der Waals surface area contributed by atoms with Crippen LogP contribution in [-0.4, -0.2) is 16.6 Å². The zero-order chi connectivity index (χ0) is 20.1. The maximum Gasteiger partial charge on any atom is 0.187 e. The number of ketones is 2. The predicted molar refractivity (Wildman–Crippen MR) is 114 cm³/mol. The summed E-state index contributed by atoms with van der Waals surface area (Å²) in [6, 6.07) is 5.70. The van der Waals surface area contributed by atoms with Crippen LogP contribution >= 0.6 is 0 Å². The minimum atomic E-state index is -0.176. The van der Waals surface area contributed by atoms with E-state index in [1.807, 2.05) is 18.2 Å². The summed E-state index contributed by atoms with van der Waals surface area (Å²) >= 11 is 0. The molecule has 8 saturated carbocycles.